The molecule has 1 amide bonds. The Labute approximate surface area is 885 Å². The van der Waals surface area contributed by atoms with Gasteiger partial charge in [0, 0.05) is 127 Å². The highest BCUT2D eigenvalue weighted by atomic mass is 79.9. The standard InChI is InChI=1S/C33H22BrN3O.C26H18BrN3.C20H12Br2N2.C14H10O2.C12H18BNO2.C7H5ClO.C6H6Br2N2/c34-27-21-20-26(25-18-10-11-19-28(25)35-33(38)24-16-8-3-9-17-24)31-32(27)37-30(23-14-6-2-7-15-23)29(36-31)22-12-4-1-5-13-22;27-21-16-15-20(19-13-7-8-14-22(19)28)25-26(21)30-24(18-11-5-2-6-12-18)23(29-25)17-9-3-1-4-10-17;21-15-11-12-16(22)20-19(15)23-17(13-7-3-1-4-8-13)18(24-20)14-9-5-2-6-10-14;15-13(11-7-3-1-4-8-11)14(16)12-9-5-2-6-10-12;1-11(2)12(3,4)16-13(15-11)9-7-5-6-8-10(9)14;8-7(9)6-4-2-1-3-5-6;7-3-1-2-4(8)6(10)5(3)9/h1-21H,(H,35,38);1-16H,28H2;1-12H;1-10H;5-8H,14H2,1-4H3;1-5H;1-2H,9-10H2. The van der Waals surface area contributed by atoms with E-state index >= 15 is 0 Å². The molecule has 706 valence electrons. The van der Waals surface area contributed by atoms with E-state index in [1.165, 1.54) is 0 Å². The number of rotatable bonds is 15. The number of anilines is 5. The normalized spacial score (nSPS) is 11.9. The fourth-order valence-corrected chi connectivity index (χ4v) is 17.6. The van der Waals surface area contributed by atoms with Crippen LogP contribution in [0.1, 0.15) is 69.1 Å². The second-order valence-electron chi connectivity index (χ2n) is 33.3. The minimum absolute atomic E-state index is 0.165. The molecule has 0 saturated carbocycles. The van der Waals surface area contributed by atoms with Crippen LogP contribution in [0.3, 0.4) is 0 Å². The summed E-state index contributed by atoms with van der Waals surface area (Å²) in [4.78, 5) is 77.5. The van der Waals surface area contributed by atoms with E-state index in [-0.39, 0.29) is 24.2 Å². The van der Waals surface area contributed by atoms with Gasteiger partial charge in [0.15, 0.2) is 0 Å². The highest BCUT2D eigenvalue weighted by Gasteiger charge is 2.52. The summed E-state index contributed by atoms with van der Waals surface area (Å²) in [6.45, 7) is 8.14. The average Bonchev–Trinajstić information content (AvgIpc) is 1.51. The molecular formula is C118H91BBr6ClN11O6. The molecule has 4 heterocycles. The molecule has 143 heavy (non-hydrogen) atoms. The molecule has 21 rings (SSSR count). The van der Waals surface area contributed by atoms with Crippen LogP contribution in [0.15, 0.2) is 451 Å². The van der Waals surface area contributed by atoms with Gasteiger partial charge in [-0.05, 0) is 202 Å². The number of carbonyl (C=O) groups is 4. The number of nitrogens with two attached hydrogens (primary N) is 4. The Balaban J connectivity index is 0.000000132. The van der Waals surface area contributed by atoms with Crippen LogP contribution in [-0.4, -0.2) is 70.9 Å². The SMILES string of the molecule is Brc1ccc(Br)c2nc(-c3ccccc3)c(-c3ccccc3)nc12.CC1(C)OB(c2ccccc2N)OC1(C)C.Nc1c(Br)ccc(Br)c1N.Nc1ccccc1-c1ccc(Br)c2nc(-c3ccccc3)c(-c3ccccc3)nc12.O=C(C(=O)c1ccccc1)c1ccccc1.O=C(Cl)c1ccccc1.O=C(Nc1ccccc1-c1ccc(Br)c2nc(-c3ccccc3)c(-c3ccccc3)nc12)c1ccccc1. The summed E-state index contributed by atoms with van der Waals surface area (Å²) in [6.07, 6.45) is 0. The summed E-state index contributed by atoms with van der Waals surface area (Å²) in [5.41, 5.74) is 48.7. The van der Waals surface area contributed by atoms with Gasteiger partial charge in [0.2, 0.25) is 11.6 Å². The highest BCUT2D eigenvalue weighted by Crippen LogP contribution is 2.44. The molecule has 25 heteroatoms. The zero-order chi connectivity index (χ0) is 101. The first-order chi connectivity index (χ1) is 69.2. The maximum atomic E-state index is 13.0. The second kappa shape index (κ2) is 48.4. The van der Waals surface area contributed by atoms with Crippen LogP contribution in [0.25, 0.3) is 123 Å². The van der Waals surface area contributed by atoms with Crippen molar-refractivity contribution in [1.82, 2.24) is 29.9 Å². The van der Waals surface area contributed by atoms with Crippen LogP contribution in [0.2, 0.25) is 0 Å². The van der Waals surface area contributed by atoms with Crippen molar-refractivity contribution in [3.05, 3.63) is 474 Å². The van der Waals surface area contributed by atoms with Gasteiger partial charge < -0.3 is 37.6 Å². The van der Waals surface area contributed by atoms with Crippen molar-refractivity contribution < 1.29 is 28.5 Å². The third kappa shape index (κ3) is 25.4. The van der Waals surface area contributed by atoms with Crippen molar-refractivity contribution in [2.24, 2.45) is 0 Å². The van der Waals surface area contributed by atoms with E-state index < -0.39 is 16.8 Å². The van der Waals surface area contributed by atoms with Crippen LogP contribution in [-0.2, 0) is 9.31 Å². The molecule has 0 atom stereocenters. The van der Waals surface area contributed by atoms with Gasteiger partial charge in [-0.25, -0.2) is 29.9 Å². The van der Waals surface area contributed by atoms with Gasteiger partial charge in [0.1, 0.15) is 22.1 Å². The quantitative estimate of drug-likeness (QED) is 0.0210. The number of benzene rings is 17. The Morgan fingerprint density at radius 1 is 0.266 bits per heavy atom. The lowest BCUT2D eigenvalue weighted by atomic mass is 9.78. The largest absolute Gasteiger partial charge is 0.496 e. The first-order valence-corrected chi connectivity index (χ1v) is 50.3. The summed E-state index contributed by atoms with van der Waals surface area (Å²) < 4.78 is 17.1. The zero-order valence-corrected chi connectivity index (χ0v) is 87.9. The van der Waals surface area contributed by atoms with E-state index in [2.05, 4.69) is 162 Å². The number of amides is 1. The molecule has 17 aromatic carbocycles. The molecular weight excluding hydrogens is 2190 g/mol. The van der Waals surface area contributed by atoms with Crippen molar-refractivity contribution in [2.45, 2.75) is 38.9 Å². The Kier molecular flexibility index (Phi) is 34.8. The average molecular weight is 2280 g/mol. The van der Waals surface area contributed by atoms with Crippen molar-refractivity contribution in [1.29, 1.82) is 0 Å². The summed E-state index contributed by atoms with van der Waals surface area (Å²) in [7, 11) is -0.369. The number of hydrogen-bond donors (Lipinski definition) is 5. The lowest BCUT2D eigenvalue weighted by Gasteiger charge is -2.32. The van der Waals surface area contributed by atoms with Crippen LogP contribution in [0, 0.1) is 0 Å². The van der Waals surface area contributed by atoms with E-state index in [1.807, 2.05) is 307 Å². The minimum Gasteiger partial charge on any atom is -0.399 e. The molecule has 17 nitrogen and oxygen atoms in total. The fourth-order valence-electron chi connectivity index (χ4n) is 15.1. The van der Waals surface area contributed by atoms with E-state index in [0.29, 0.717) is 45.0 Å². The molecule has 9 N–H and O–H groups in total. The number of nitrogens with one attached hydrogen (secondary N) is 1. The lowest BCUT2D eigenvalue weighted by molar-refractivity contribution is 0.00578. The first-order valence-electron chi connectivity index (χ1n) is 45.1. The fraction of sp³-hybridized carbons (Fsp3) is 0.0508. The second-order valence-corrected chi connectivity index (χ2v) is 38.8. The third-order valence-corrected chi connectivity index (χ3v) is 27.4. The van der Waals surface area contributed by atoms with Crippen LogP contribution in [0.4, 0.5) is 28.4 Å². The summed E-state index contributed by atoms with van der Waals surface area (Å²) in [5.74, 6) is -1.10. The molecule has 0 spiro atoms. The molecule has 0 aliphatic carbocycles. The number of aromatic nitrogens is 6. The van der Waals surface area contributed by atoms with E-state index in [4.69, 9.17) is 73.7 Å². The summed E-state index contributed by atoms with van der Waals surface area (Å²) in [5, 5.41) is 2.68. The Morgan fingerprint density at radius 2 is 0.510 bits per heavy atom. The van der Waals surface area contributed by atoms with E-state index in [9.17, 15) is 19.2 Å². The maximum Gasteiger partial charge on any atom is 0.496 e. The van der Waals surface area contributed by atoms with Crippen molar-refractivity contribution in [3.63, 3.8) is 0 Å². The number of para-hydroxylation sites is 3. The van der Waals surface area contributed by atoms with Crippen molar-refractivity contribution in [2.75, 3.05) is 28.3 Å². The predicted octanol–water partition coefficient (Wildman–Crippen LogP) is 30.9. The number of carbonyl (C=O) groups excluding carboxylic acids is 4. The van der Waals surface area contributed by atoms with Crippen molar-refractivity contribution >= 4 is 204 Å². The Bertz CT molecular complexity index is 7720. The number of Topliss-reactive ketones (excluding diaryl/α,β-unsaturated/α-hetero) is 2. The minimum atomic E-state index is -0.466. The van der Waals surface area contributed by atoms with E-state index in [0.717, 1.165) is 161 Å². The number of nitrogens with zero attached hydrogens (tertiary/aromatic N) is 6. The molecule has 0 bridgehead atoms. The molecule has 0 unspecified atom stereocenters. The maximum absolute atomic E-state index is 13.0. The lowest BCUT2D eigenvalue weighted by Crippen LogP contribution is -2.41. The molecule has 0 radical (unpaired) electrons. The first kappa shape index (κ1) is 103. The van der Waals surface area contributed by atoms with Gasteiger partial charge in [-0.2, -0.15) is 0 Å². The van der Waals surface area contributed by atoms with E-state index in [1.54, 1.807) is 84.9 Å². The molecule has 3 aromatic heterocycles. The Morgan fingerprint density at radius 3 is 0.825 bits per heavy atom. The zero-order valence-electron chi connectivity index (χ0n) is 77.6. The molecule has 20 aromatic rings. The van der Waals surface area contributed by atoms with Crippen molar-refractivity contribution in [3.8, 4) is 89.8 Å². The van der Waals surface area contributed by atoms with Gasteiger partial charge in [0.05, 0.1) is 67.8 Å². The Hall–Kier alpha value is -14.4. The van der Waals surface area contributed by atoms with Gasteiger partial charge >= 0.3 is 7.12 Å². The van der Waals surface area contributed by atoms with Gasteiger partial charge in [0.25, 0.3) is 11.1 Å². The monoisotopic (exact) mass is 2280 g/mol. The van der Waals surface area contributed by atoms with Crippen LogP contribution in [0.5, 0.6) is 0 Å². The number of ketones is 2. The van der Waals surface area contributed by atoms with Crippen LogP contribution >= 0.6 is 107 Å². The molecule has 1 aliphatic rings. The third-order valence-electron chi connectivity index (χ3n) is 23.3. The molecule has 1 saturated heterocycles. The van der Waals surface area contributed by atoms with Crippen LogP contribution < -0.4 is 33.7 Å². The topological polar surface area (TPSA) is 280 Å². The number of fused-ring (bicyclic) bond motifs is 3. The summed E-state index contributed by atoms with van der Waals surface area (Å²) >= 11 is 26.2. The highest BCUT2D eigenvalue weighted by molar-refractivity contribution is 9.11. The number of halogens is 7. The molecule has 1 aliphatic heterocycles. The summed E-state index contributed by atoms with van der Waals surface area (Å²) in [6, 6.07) is 135. The van der Waals surface area contributed by atoms with Gasteiger partial charge in [-0.1, -0.05) is 358 Å². The predicted molar refractivity (Wildman–Crippen MR) is 607 cm³/mol. The van der Waals surface area contributed by atoms with Gasteiger partial charge in [-0.15, -0.1) is 0 Å². The molecule has 1 fully saturated rings. The number of nitrogen functional groups attached to an aromatic ring is 4. The number of hydrogen-bond acceptors (Lipinski definition) is 16. The van der Waals surface area contributed by atoms with Gasteiger partial charge in [-0.3, -0.25) is 19.2 Å². The smallest absolute Gasteiger partial charge is 0.399 e.